The van der Waals surface area contributed by atoms with Crippen molar-refractivity contribution in [2.45, 2.75) is 26.3 Å². The van der Waals surface area contributed by atoms with Crippen molar-refractivity contribution in [2.24, 2.45) is 5.92 Å². The molecule has 0 aliphatic heterocycles. The van der Waals surface area contributed by atoms with E-state index in [9.17, 15) is 9.59 Å². The highest BCUT2D eigenvalue weighted by molar-refractivity contribution is 5.84. The van der Waals surface area contributed by atoms with Gasteiger partial charge in [-0.05, 0) is 12.3 Å². The normalized spacial score (nSPS) is 12.7. The third-order valence-electron chi connectivity index (χ3n) is 2.93. The van der Waals surface area contributed by atoms with Crippen molar-refractivity contribution >= 4 is 11.9 Å². The Morgan fingerprint density at radius 3 is 2.05 bits per heavy atom. The Hall–Kier alpha value is -1.18. The highest BCUT2D eigenvalue weighted by Gasteiger charge is 2.22. The van der Waals surface area contributed by atoms with Crippen molar-refractivity contribution in [1.29, 1.82) is 0 Å². The largest absolute Gasteiger partial charge is 0.480 e. The van der Waals surface area contributed by atoms with E-state index < -0.39 is 12.0 Å². The predicted octanol–water partition coefficient (Wildman–Crippen LogP) is 0.197. The molecular formula is C14H28N2O5. The van der Waals surface area contributed by atoms with Gasteiger partial charge in [-0.25, -0.2) is 4.79 Å². The molecule has 21 heavy (non-hydrogen) atoms. The maximum absolute atomic E-state index is 12.0. The van der Waals surface area contributed by atoms with Gasteiger partial charge in [-0.2, -0.15) is 0 Å². The molecule has 2 N–H and O–H groups in total. The Morgan fingerprint density at radius 2 is 1.67 bits per heavy atom. The smallest absolute Gasteiger partial charge is 0.326 e. The molecule has 0 aliphatic carbocycles. The van der Waals surface area contributed by atoms with Crippen LogP contribution in [-0.4, -0.2) is 75.0 Å². The lowest BCUT2D eigenvalue weighted by atomic mass is 10.0. The lowest BCUT2D eigenvalue weighted by molar-refractivity contribution is -0.142. The molecule has 7 nitrogen and oxygen atoms in total. The van der Waals surface area contributed by atoms with E-state index in [4.69, 9.17) is 14.6 Å². The first kappa shape index (κ1) is 19.8. The lowest BCUT2D eigenvalue weighted by Gasteiger charge is -2.23. The minimum Gasteiger partial charge on any atom is -0.480 e. The summed E-state index contributed by atoms with van der Waals surface area (Å²) >= 11 is 0. The van der Waals surface area contributed by atoms with E-state index in [2.05, 4.69) is 5.32 Å². The molecule has 0 aromatic heterocycles. The Morgan fingerprint density at radius 1 is 1.14 bits per heavy atom. The van der Waals surface area contributed by atoms with Crippen LogP contribution in [0.2, 0.25) is 0 Å². The zero-order valence-electron chi connectivity index (χ0n) is 13.4. The molecule has 0 aromatic carbocycles. The second-order valence-electron chi connectivity index (χ2n) is 5.35. The van der Waals surface area contributed by atoms with Crippen molar-refractivity contribution in [3.05, 3.63) is 0 Å². The molecule has 7 heteroatoms. The van der Waals surface area contributed by atoms with Gasteiger partial charge in [0.25, 0.3) is 0 Å². The highest BCUT2D eigenvalue weighted by Crippen LogP contribution is 2.05. The molecule has 0 aliphatic rings. The average molecular weight is 304 g/mol. The minimum atomic E-state index is -1.00. The number of methoxy groups -OCH3 is 2. The molecule has 124 valence electrons. The van der Waals surface area contributed by atoms with Crippen molar-refractivity contribution in [3.8, 4) is 0 Å². The first-order valence-corrected chi connectivity index (χ1v) is 7.13. The zero-order valence-corrected chi connectivity index (χ0v) is 13.4. The molecule has 1 unspecified atom stereocenters. The Kier molecular flexibility index (Phi) is 10.8. The molecule has 0 rings (SSSR count). The van der Waals surface area contributed by atoms with Crippen molar-refractivity contribution < 1.29 is 24.2 Å². The Balaban J connectivity index is 4.40. The van der Waals surface area contributed by atoms with E-state index in [-0.39, 0.29) is 18.4 Å². The van der Waals surface area contributed by atoms with Gasteiger partial charge in [0.1, 0.15) is 6.04 Å². The zero-order chi connectivity index (χ0) is 16.3. The molecular weight excluding hydrogens is 276 g/mol. The van der Waals surface area contributed by atoms with Crippen LogP contribution in [0.3, 0.4) is 0 Å². The lowest BCUT2D eigenvalue weighted by Crippen LogP contribution is -2.47. The summed E-state index contributed by atoms with van der Waals surface area (Å²) in [5, 5.41) is 11.7. The quantitative estimate of drug-likeness (QED) is 0.535. The van der Waals surface area contributed by atoms with E-state index >= 15 is 0 Å². The van der Waals surface area contributed by atoms with Crippen LogP contribution in [0.4, 0.5) is 0 Å². The van der Waals surface area contributed by atoms with Gasteiger partial charge >= 0.3 is 5.97 Å². The summed E-state index contributed by atoms with van der Waals surface area (Å²) in [6, 6.07) is -0.843. The van der Waals surface area contributed by atoms with Crippen LogP contribution < -0.4 is 5.32 Å². The van der Waals surface area contributed by atoms with Gasteiger partial charge < -0.3 is 19.9 Å². The fourth-order valence-corrected chi connectivity index (χ4v) is 1.85. The number of rotatable bonds is 12. The van der Waals surface area contributed by atoms with Gasteiger partial charge in [-0.3, -0.25) is 9.69 Å². The van der Waals surface area contributed by atoms with Gasteiger partial charge in [0.05, 0.1) is 19.8 Å². The Bertz CT molecular complexity index is 302. The number of ether oxygens (including phenoxy) is 2. The van der Waals surface area contributed by atoms with Gasteiger partial charge in [-0.1, -0.05) is 13.8 Å². The molecule has 0 spiro atoms. The second kappa shape index (κ2) is 11.5. The molecule has 0 saturated heterocycles. The number of hydrogen-bond acceptors (Lipinski definition) is 5. The standard InChI is InChI=1S/C14H28N2O5/c1-11(2)9-12(14(18)19)15-13(17)10-16(5-7-20-3)6-8-21-4/h11-12H,5-10H2,1-4H3,(H,15,17)(H,18,19). The predicted molar refractivity (Wildman–Crippen MR) is 79.2 cm³/mol. The highest BCUT2D eigenvalue weighted by atomic mass is 16.5. The molecule has 0 fully saturated rings. The number of nitrogens with zero attached hydrogens (tertiary/aromatic N) is 1. The molecule has 0 aromatic rings. The maximum atomic E-state index is 12.0. The number of carboxylic acids is 1. The third-order valence-corrected chi connectivity index (χ3v) is 2.93. The number of carboxylic acid groups (broad SMARTS) is 1. The number of carbonyl (C=O) groups excluding carboxylic acids is 1. The van der Waals surface area contributed by atoms with E-state index in [1.54, 1.807) is 14.2 Å². The summed E-state index contributed by atoms with van der Waals surface area (Å²) in [7, 11) is 3.19. The molecule has 0 saturated carbocycles. The molecule has 0 heterocycles. The van der Waals surface area contributed by atoms with E-state index in [0.717, 1.165) is 0 Å². The fourth-order valence-electron chi connectivity index (χ4n) is 1.85. The van der Waals surface area contributed by atoms with Crippen LogP contribution in [0.1, 0.15) is 20.3 Å². The third kappa shape index (κ3) is 10.2. The number of nitrogens with one attached hydrogen (secondary N) is 1. The van der Waals surface area contributed by atoms with Gasteiger partial charge in [0, 0.05) is 27.3 Å². The molecule has 0 radical (unpaired) electrons. The topological polar surface area (TPSA) is 88.1 Å². The van der Waals surface area contributed by atoms with Gasteiger partial charge in [0.15, 0.2) is 0 Å². The number of amides is 1. The summed E-state index contributed by atoms with van der Waals surface area (Å²) in [6.45, 7) is 6.17. The molecule has 0 bridgehead atoms. The van der Waals surface area contributed by atoms with E-state index in [1.165, 1.54) is 0 Å². The second-order valence-corrected chi connectivity index (χ2v) is 5.35. The summed E-state index contributed by atoms with van der Waals surface area (Å²) in [5.41, 5.74) is 0. The SMILES string of the molecule is COCCN(CCOC)CC(=O)NC(CC(C)C)C(=O)O. The van der Waals surface area contributed by atoms with Crippen molar-refractivity contribution in [3.63, 3.8) is 0 Å². The van der Waals surface area contributed by atoms with Gasteiger partial charge in [-0.15, -0.1) is 0 Å². The fraction of sp³-hybridized carbons (Fsp3) is 0.857. The van der Waals surface area contributed by atoms with E-state index in [0.29, 0.717) is 32.7 Å². The van der Waals surface area contributed by atoms with Crippen LogP contribution >= 0.6 is 0 Å². The average Bonchev–Trinajstić information content (AvgIpc) is 2.40. The van der Waals surface area contributed by atoms with Crippen molar-refractivity contribution in [2.75, 3.05) is 47.1 Å². The van der Waals surface area contributed by atoms with Crippen LogP contribution in [0.5, 0.6) is 0 Å². The first-order chi connectivity index (χ1) is 9.90. The van der Waals surface area contributed by atoms with Crippen LogP contribution in [0.15, 0.2) is 0 Å². The summed E-state index contributed by atoms with van der Waals surface area (Å²) in [4.78, 5) is 25.0. The summed E-state index contributed by atoms with van der Waals surface area (Å²) in [5.74, 6) is -1.10. The first-order valence-electron chi connectivity index (χ1n) is 7.13. The van der Waals surface area contributed by atoms with E-state index in [1.807, 2.05) is 18.7 Å². The Labute approximate surface area is 126 Å². The van der Waals surface area contributed by atoms with Crippen molar-refractivity contribution in [1.82, 2.24) is 10.2 Å². The number of carbonyl (C=O) groups is 2. The summed E-state index contributed by atoms with van der Waals surface area (Å²) < 4.78 is 10.00. The summed E-state index contributed by atoms with van der Waals surface area (Å²) in [6.07, 6.45) is 0.414. The minimum absolute atomic E-state index is 0.134. The van der Waals surface area contributed by atoms with Gasteiger partial charge in [0.2, 0.25) is 5.91 Å². The van der Waals surface area contributed by atoms with Crippen LogP contribution in [0.25, 0.3) is 0 Å². The number of aliphatic carboxylic acids is 1. The van der Waals surface area contributed by atoms with Crippen LogP contribution in [-0.2, 0) is 19.1 Å². The van der Waals surface area contributed by atoms with Crippen LogP contribution in [0, 0.1) is 5.92 Å². The molecule has 1 amide bonds. The monoisotopic (exact) mass is 304 g/mol. The number of hydrogen-bond donors (Lipinski definition) is 2. The molecule has 1 atom stereocenters. The maximum Gasteiger partial charge on any atom is 0.326 e.